The van der Waals surface area contributed by atoms with E-state index < -0.39 is 35.5 Å². The van der Waals surface area contributed by atoms with Crippen LogP contribution in [0.15, 0.2) is 65.6 Å². The van der Waals surface area contributed by atoms with E-state index in [4.69, 9.17) is 0 Å². The number of hydrogen-bond donors (Lipinski definition) is 2. The normalized spacial score (nSPS) is 11.3. The molecule has 30 heavy (non-hydrogen) atoms. The summed E-state index contributed by atoms with van der Waals surface area (Å²) in [5.41, 5.74) is 0.396. The van der Waals surface area contributed by atoms with Gasteiger partial charge in [-0.1, -0.05) is 36.4 Å². The topological polar surface area (TPSA) is 71.3 Å². The molecule has 1 aromatic heterocycles. The Kier molecular flexibility index (Phi) is 5.91. The highest BCUT2D eigenvalue weighted by Crippen LogP contribution is 2.24. The van der Waals surface area contributed by atoms with E-state index in [9.17, 15) is 32.3 Å². The number of carbonyl (C=O) groups excluding carboxylic acids is 1. The fourth-order valence-corrected chi connectivity index (χ4v) is 2.92. The van der Waals surface area contributed by atoms with E-state index in [1.165, 1.54) is 12.1 Å². The van der Waals surface area contributed by atoms with E-state index in [1.54, 1.807) is 36.4 Å². The summed E-state index contributed by atoms with van der Waals surface area (Å²) in [4.78, 5) is 24.3. The zero-order chi connectivity index (χ0) is 21.9. The monoisotopic (exact) mass is 420 g/mol. The molecule has 0 unspecified atom stereocenters. The Hall–Kier alpha value is -3.62. The fourth-order valence-electron chi connectivity index (χ4n) is 2.92. The lowest BCUT2D eigenvalue weighted by atomic mass is 9.99. The van der Waals surface area contributed by atoms with Gasteiger partial charge in [-0.2, -0.15) is 13.2 Å². The van der Waals surface area contributed by atoms with Crippen LogP contribution in [-0.2, 0) is 13.1 Å². The molecule has 0 aliphatic heterocycles. The number of nitrogens with one attached hydrogen (secondary N) is 1. The lowest BCUT2D eigenvalue weighted by Crippen LogP contribution is -2.30. The van der Waals surface area contributed by atoms with Gasteiger partial charge in [-0.15, -0.1) is 0 Å². The van der Waals surface area contributed by atoms with Crippen molar-refractivity contribution in [1.82, 2.24) is 9.88 Å². The summed E-state index contributed by atoms with van der Waals surface area (Å²) < 4.78 is 50.9. The van der Waals surface area contributed by atoms with Crippen LogP contribution >= 0.6 is 0 Å². The predicted molar refractivity (Wildman–Crippen MR) is 101 cm³/mol. The van der Waals surface area contributed by atoms with Crippen LogP contribution in [0.4, 0.5) is 17.6 Å². The molecular weight excluding hydrogens is 404 g/mol. The van der Waals surface area contributed by atoms with Crippen LogP contribution in [0.2, 0.25) is 0 Å². The van der Waals surface area contributed by atoms with E-state index in [0.29, 0.717) is 5.56 Å². The molecule has 0 aliphatic carbocycles. The molecule has 9 heteroatoms. The number of nitrogens with zero attached hydrogens (tertiary/aromatic N) is 1. The molecule has 2 aromatic carbocycles. The maximum Gasteiger partial charge on any atom is 0.406 e. The van der Waals surface area contributed by atoms with E-state index in [1.807, 2.05) is 0 Å². The van der Waals surface area contributed by atoms with Gasteiger partial charge in [0, 0.05) is 12.7 Å². The number of rotatable bonds is 5. The fraction of sp³-hybridized carbons (Fsp3) is 0.143. The molecule has 0 fully saturated rings. The zero-order valence-corrected chi connectivity index (χ0v) is 15.4. The number of halogens is 4. The van der Waals surface area contributed by atoms with Crippen LogP contribution in [0, 0.1) is 5.82 Å². The Labute approximate surface area is 168 Å². The number of aromatic hydroxyl groups is 1. The van der Waals surface area contributed by atoms with E-state index in [2.05, 4.69) is 5.32 Å². The molecule has 0 saturated carbocycles. The minimum atomic E-state index is -4.65. The molecule has 1 heterocycles. The first-order chi connectivity index (χ1) is 14.2. The van der Waals surface area contributed by atoms with Crippen molar-refractivity contribution in [3.63, 3.8) is 0 Å². The molecule has 2 N–H and O–H groups in total. The van der Waals surface area contributed by atoms with Crippen molar-refractivity contribution in [1.29, 1.82) is 0 Å². The first-order valence-electron chi connectivity index (χ1n) is 8.77. The molecule has 3 aromatic rings. The molecule has 0 atom stereocenters. The highest BCUT2D eigenvalue weighted by atomic mass is 19.4. The third-order valence-electron chi connectivity index (χ3n) is 4.35. The van der Waals surface area contributed by atoms with Gasteiger partial charge in [0.15, 0.2) is 5.75 Å². The van der Waals surface area contributed by atoms with Gasteiger partial charge in [-0.05, 0) is 34.9 Å². The van der Waals surface area contributed by atoms with Crippen LogP contribution in [0.5, 0.6) is 5.75 Å². The third-order valence-corrected chi connectivity index (χ3v) is 4.35. The molecule has 3 rings (SSSR count). The van der Waals surface area contributed by atoms with Crippen LogP contribution < -0.4 is 10.9 Å². The standard InChI is InChI=1S/C21H16F4N2O3/c22-15-7-5-13(6-8-15)16-4-2-1-3-14(16)11-26-19(29)17-9-10-27(12-21(23,24)25)20(30)18(17)28/h1-10,28H,11-12H2,(H,26,29). The minimum absolute atomic E-state index is 0.0114. The first-order valence-corrected chi connectivity index (χ1v) is 8.77. The SMILES string of the molecule is O=C(NCc1ccccc1-c1ccc(F)cc1)c1ccn(CC(F)(F)F)c(=O)c1O. The predicted octanol–water partition coefficient (Wildman–Crippen LogP) is 3.85. The highest BCUT2D eigenvalue weighted by Gasteiger charge is 2.29. The van der Waals surface area contributed by atoms with E-state index >= 15 is 0 Å². The molecule has 1 amide bonds. The van der Waals surface area contributed by atoms with Gasteiger partial charge in [-0.25, -0.2) is 4.39 Å². The van der Waals surface area contributed by atoms with Crippen molar-refractivity contribution in [3.05, 3.63) is 88.1 Å². The summed E-state index contributed by atoms with van der Waals surface area (Å²) in [6.07, 6.45) is -3.85. The zero-order valence-electron chi connectivity index (χ0n) is 15.4. The van der Waals surface area contributed by atoms with Gasteiger partial charge in [0.1, 0.15) is 12.4 Å². The summed E-state index contributed by atoms with van der Waals surface area (Å²) in [5.74, 6) is -2.27. The number of carbonyl (C=O) groups is 1. The third kappa shape index (κ3) is 4.86. The molecule has 0 aliphatic rings. The van der Waals surface area contributed by atoms with Crippen molar-refractivity contribution >= 4 is 5.91 Å². The Bertz CT molecular complexity index is 1120. The maximum atomic E-state index is 13.2. The lowest BCUT2D eigenvalue weighted by Gasteiger charge is -2.13. The van der Waals surface area contributed by atoms with Gasteiger partial charge < -0.3 is 15.0 Å². The molecule has 0 spiro atoms. The van der Waals surface area contributed by atoms with Crippen LogP contribution in [0.1, 0.15) is 15.9 Å². The van der Waals surface area contributed by atoms with Gasteiger partial charge in [0.2, 0.25) is 0 Å². The molecule has 0 saturated heterocycles. The van der Waals surface area contributed by atoms with Crippen molar-refractivity contribution in [2.75, 3.05) is 0 Å². The molecule has 0 radical (unpaired) electrons. The summed E-state index contributed by atoms with van der Waals surface area (Å²) in [6.45, 7) is -1.57. The van der Waals surface area contributed by atoms with E-state index in [-0.39, 0.29) is 16.9 Å². The quantitative estimate of drug-likeness (QED) is 0.616. The largest absolute Gasteiger partial charge is 0.502 e. The van der Waals surface area contributed by atoms with Crippen molar-refractivity contribution in [2.24, 2.45) is 0 Å². The van der Waals surface area contributed by atoms with Crippen LogP contribution in [0.25, 0.3) is 11.1 Å². The van der Waals surface area contributed by atoms with Gasteiger partial charge in [-0.3, -0.25) is 9.59 Å². The first kappa shape index (κ1) is 21.1. The van der Waals surface area contributed by atoms with Crippen LogP contribution in [-0.4, -0.2) is 21.8 Å². The second-order valence-corrected chi connectivity index (χ2v) is 6.47. The minimum Gasteiger partial charge on any atom is -0.502 e. The number of pyridine rings is 1. The van der Waals surface area contributed by atoms with Crippen molar-refractivity contribution < 1.29 is 27.5 Å². The Balaban J connectivity index is 1.79. The van der Waals surface area contributed by atoms with Gasteiger partial charge >= 0.3 is 6.18 Å². The number of aromatic nitrogens is 1. The van der Waals surface area contributed by atoms with Crippen LogP contribution in [0.3, 0.4) is 0 Å². The maximum absolute atomic E-state index is 13.2. The highest BCUT2D eigenvalue weighted by molar-refractivity contribution is 5.96. The Morgan fingerprint density at radius 2 is 1.70 bits per heavy atom. The van der Waals surface area contributed by atoms with Gasteiger partial charge in [0.05, 0.1) is 5.56 Å². The average Bonchev–Trinajstić information content (AvgIpc) is 2.70. The molecular formula is C21H16F4N2O3. The van der Waals surface area contributed by atoms with Crippen molar-refractivity contribution in [3.8, 4) is 16.9 Å². The molecule has 0 bridgehead atoms. The summed E-state index contributed by atoms with van der Waals surface area (Å²) in [6, 6.07) is 13.8. The Morgan fingerprint density at radius 3 is 2.37 bits per heavy atom. The second kappa shape index (κ2) is 8.40. The second-order valence-electron chi connectivity index (χ2n) is 6.47. The average molecular weight is 420 g/mol. The summed E-state index contributed by atoms with van der Waals surface area (Å²) in [5, 5.41) is 12.4. The van der Waals surface area contributed by atoms with E-state index in [0.717, 1.165) is 23.4 Å². The number of amides is 1. The number of benzene rings is 2. The number of hydrogen-bond acceptors (Lipinski definition) is 3. The molecule has 156 valence electrons. The summed E-state index contributed by atoms with van der Waals surface area (Å²) in [7, 11) is 0. The van der Waals surface area contributed by atoms with Crippen molar-refractivity contribution in [2.45, 2.75) is 19.3 Å². The van der Waals surface area contributed by atoms with Gasteiger partial charge in [0.25, 0.3) is 11.5 Å². The summed E-state index contributed by atoms with van der Waals surface area (Å²) >= 11 is 0. The number of alkyl halides is 3. The smallest absolute Gasteiger partial charge is 0.406 e. The Morgan fingerprint density at radius 1 is 1.03 bits per heavy atom. The lowest BCUT2D eigenvalue weighted by molar-refractivity contribution is -0.141. The molecule has 5 nitrogen and oxygen atoms in total.